The van der Waals surface area contributed by atoms with Crippen LogP contribution in [0.25, 0.3) is 5.69 Å². The molecule has 128 valence electrons. The Labute approximate surface area is 151 Å². The highest BCUT2D eigenvalue weighted by atomic mass is 35.5. The average molecular weight is 356 g/mol. The van der Waals surface area contributed by atoms with Gasteiger partial charge in [-0.05, 0) is 24.3 Å². The summed E-state index contributed by atoms with van der Waals surface area (Å²) in [6.45, 7) is 0.391. The molecule has 0 aliphatic carbocycles. The Morgan fingerprint density at radius 1 is 1.28 bits per heavy atom. The quantitative estimate of drug-likeness (QED) is 0.764. The van der Waals surface area contributed by atoms with E-state index in [2.05, 4.69) is 15.4 Å². The van der Waals surface area contributed by atoms with Crippen LogP contribution in [0.3, 0.4) is 0 Å². The number of nitrogens with zero attached hydrogens (tertiary/aromatic N) is 4. The second-order valence-corrected chi connectivity index (χ2v) is 6.15. The summed E-state index contributed by atoms with van der Waals surface area (Å²) in [6, 6.07) is 11.1. The van der Waals surface area contributed by atoms with Crippen LogP contribution in [0.2, 0.25) is 5.02 Å². The monoisotopic (exact) mass is 355 g/mol. The minimum absolute atomic E-state index is 0.193. The molecule has 25 heavy (non-hydrogen) atoms. The largest absolute Gasteiger partial charge is 0.362 e. The van der Waals surface area contributed by atoms with Gasteiger partial charge in [-0.1, -0.05) is 23.7 Å². The molecule has 0 atom stereocenters. The van der Waals surface area contributed by atoms with Gasteiger partial charge in [-0.2, -0.15) is 5.10 Å². The Bertz CT molecular complexity index is 890. The minimum Gasteiger partial charge on any atom is -0.362 e. The zero-order chi connectivity index (χ0) is 17.8. The Morgan fingerprint density at radius 3 is 2.88 bits per heavy atom. The highest BCUT2D eigenvalue weighted by molar-refractivity contribution is 6.30. The number of benzene rings is 1. The Kier molecular flexibility index (Phi) is 5.00. The summed E-state index contributed by atoms with van der Waals surface area (Å²) in [5.74, 6) is 0.638. The van der Waals surface area contributed by atoms with E-state index in [4.69, 9.17) is 11.6 Å². The van der Waals surface area contributed by atoms with E-state index in [0.29, 0.717) is 17.1 Å². The molecule has 3 aromatic rings. The van der Waals surface area contributed by atoms with E-state index in [1.54, 1.807) is 29.2 Å². The van der Waals surface area contributed by atoms with Crippen LogP contribution in [0, 0.1) is 0 Å². The van der Waals surface area contributed by atoms with Crippen molar-refractivity contribution in [3.05, 3.63) is 71.1 Å². The van der Waals surface area contributed by atoms with Crippen LogP contribution >= 0.6 is 11.6 Å². The van der Waals surface area contributed by atoms with E-state index < -0.39 is 0 Å². The molecule has 0 saturated heterocycles. The third-order valence-corrected chi connectivity index (χ3v) is 3.88. The van der Waals surface area contributed by atoms with Crippen molar-refractivity contribution < 1.29 is 4.79 Å². The normalized spacial score (nSPS) is 10.5. The van der Waals surface area contributed by atoms with Crippen molar-refractivity contribution in [2.24, 2.45) is 0 Å². The van der Waals surface area contributed by atoms with Gasteiger partial charge in [0.15, 0.2) is 0 Å². The van der Waals surface area contributed by atoms with Crippen molar-refractivity contribution >= 4 is 23.3 Å². The summed E-state index contributed by atoms with van der Waals surface area (Å²) in [4.78, 5) is 18.6. The van der Waals surface area contributed by atoms with Crippen LogP contribution in [0.4, 0.5) is 5.82 Å². The molecule has 0 spiro atoms. The lowest BCUT2D eigenvalue weighted by atomic mass is 10.2. The highest BCUT2D eigenvalue weighted by Gasteiger charge is 2.11. The van der Waals surface area contributed by atoms with E-state index in [1.807, 2.05) is 43.3 Å². The number of pyridine rings is 1. The van der Waals surface area contributed by atoms with Crippen LogP contribution < -0.4 is 10.2 Å². The summed E-state index contributed by atoms with van der Waals surface area (Å²) < 4.78 is 1.62. The summed E-state index contributed by atoms with van der Waals surface area (Å²) in [5, 5.41) is 7.75. The summed E-state index contributed by atoms with van der Waals surface area (Å²) in [7, 11) is 3.84. The standard InChI is InChI=1S/C18H18ClN5O/c1-23(2)17-13(5-4-8-20-17)10-21-18(25)14-11-22-24(12-14)16-7-3-6-15(19)9-16/h3-9,11-12H,10H2,1-2H3,(H,21,25). The fraction of sp³-hybridized carbons (Fsp3) is 0.167. The van der Waals surface area contributed by atoms with Gasteiger partial charge in [0, 0.05) is 43.6 Å². The van der Waals surface area contributed by atoms with Crippen LogP contribution in [-0.2, 0) is 6.54 Å². The van der Waals surface area contributed by atoms with E-state index in [0.717, 1.165) is 17.1 Å². The second-order valence-electron chi connectivity index (χ2n) is 5.72. The smallest absolute Gasteiger partial charge is 0.254 e. The van der Waals surface area contributed by atoms with Crippen molar-refractivity contribution in [2.75, 3.05) is 19.0 Å². The molecule has 1 aromatic carbocycles. The molecule has 0 radical (unpaired) electrons. The van der Waals surface area contributed by atoms with Crippen molar-refractivity contribution in [1.29, 1.82) is 0 Å². The molecule has 3 rings (SSSR count). The number of rotatable bonds is 5. The van der Waals surface area contributed by atoms with Crippen LogP contribution in [0.5, 0.6) is 0 Å². The highest BCUT2D eigenvalue weighted by Crippen LogP contribution is 2.16. The second kappa shape index (κ2) is 7.36. The van der Waals surface area contributed by atoms with Crippen LogP contribution in [-0.4, -0.2) is 34.8 Å². The number of carbonyl (C=O) groups is 1. The number of anilines is 1. The molecule has 2 heterocycles. The van der Waals surface area contributed by atoms with E-state index in [1.165, 1.54) is 6.20 Å². The first kappa shape index (κ1) is 17.0. The number of nitrogens with one attached hydrogen (secondary N) is 1. The maximum Gasteiger partial charge on any atom is 0.254 e. The zero-order valence-electron chi connectivity index (χ0n) is 14.0. The number of aromatic nitrogens is 3. The van der Waals surface area contributed by atoms with E-state index in [-0.39, 0.29) is 5.91 Å². The molecule has 7 heteroatoms. The number of hydrogen-bond donors (Lipinski definition) is 1. The van der Waals surface area contributed by atoms with Gasteiger partial charge in [-0.25, -0.2) is 9.67 Å². The molecule has 6 nitrogen and oxygen atoms in total. The molecule has 0 fully saturated rings. The molecule has 0 aliphatic rings. The predicted molar refractivity (Wildman–Crippen MR) is 98.3 cm³/mol. The van der Waals surface area contributed by atoms with Crippen molar-refractivity contribution in [3.63, 3.8) is 0 Å². The molecule has 0 bridgehead atoms. The van der Waals surface area contributed by atoms with Gasteiger partial charge in [-0.3, -0.25) is 4.79 Å². The maximum absolute atomic E-state index is 12.4. The molecule has 2 aromatic heterocycles. The molecule has 1 amide bonds. The van der Waals surface area contributed by atoms with E-state index >= 15 is 0 Å². The van der Waals surface area contributed by atoms with Gasteiger partial charge in [0.2, 0.25) is 0 Å². The first-order valence-electron chi connectivity index (χ1n) is 7.74. The topological polar surface area (TPSA) is 63.1 Å². The molecule has 0 aliphatic heterocycles. The van der Waals surface area contributed by atoms with Crippen molar-refractivity contribution in [3.8, 4) is 5.69 Å². The average Bonchev–Trinajstić information content (AvgIpc) is 3.10. The summed E-state index contributed by atoms with van der Waals surface area (Å²) in [5.41, 5.74) is 2.23. The number of halogens is 1. The van der Waals surface area contributed by atoms with Crippen molar-refractivity contribution in [2.45, 2.75) is 6.54 Å². The Hall–Kier alpha value is -2.86. The number of hydrogen-bond acceptors (Lipinski definition) is 4. The van der Waals surface area contributed by atoms with Gasteiger partial charge in [0.05, 0.1) is 17.4 Å². The van der Waals surface area contributed by atoms with E-state index in [9.17, 15) is 4.79 Å². The minimum atomic E-state index is -0.193. The number of carbonyl (C=O) groups excluding carboxylic acids is 1. The summed E-state index contributed by atoms with van der Waals surface area (Å²) >= 11 is 5.99. The van der Waals surface area contributed by atoms with Gasteiger partial charge in [0.25, 0.3) is 5.91 Å². The zero-order valence-corrected chi connectivity index (χ0v) is 14.7. The lowest BCUT2D eigenvalue weighted by Gasteiger charge is -2.15. The molecule has 1 N–H and O–H groups in total. The van der Waals surface area contributed by atoms with Crippen LogP contribution in [0.15, 0.2) is 55.0 Å². The molecule has 0 unspecified atom stereocenters. The Balaban J connectivity index is 1.71. The fourth-order valence-corrected chi connectivity index (χ4v) is 2.63. The SMILES string of the molecule is CN(C)c1ncccc1CNC(=O)c1cnn(-c2cccc(Cl)c2)c1. The van der Waals surface area contributed by atoms with Crippen LogP contribution in [0.1, 0.15) is 15.9 Å². The third kappa shape index (κ3) is 3.97. The van der Waals surface area contributed by atoms with Crippen molar-refractivity contribution in [1.82, 2.24) is 20.1 Å². The first-order valence-corrected chi connectivity index (χ1v) is 8.12. The lowest BCUT2D eigenvalue weighted by molar-refractivity contribution is 0.0951. The predicted octanol–water partition coefficient (Wildman–Crippen LogP) is 2.92. The van der Waals surface area contributed by atoms with Gasteiger partial charge < -0.3 is 10.2 Å². The molecular formula is C18H18ClN5O. The maximum atomic E-state index is 12.4. The molecule has 0 saturated carbocycles. The molecular weight excluding hydrogens is 338 g/mol. The third-order valence-electron chi connectivity index (χ3n) is 3.65. The lowest BCUT2D eigenvalue weighted by Crippen LogP contribution is -2.24. The fourth-order valence-electron chi connectivity index (χ4n) is 2.45. The first-order chi connectivity index (χ1) is 12.0. The van der Waals surface area contributed by atoms with Gasteiger partial charge >= 0.3 is 0 Å². The van der Waals surface area contributed by atoms with Gasteiger partial charge in [0.1, 0.15) is 5.82 Å². The Morgan fingerprint density at radius 2 is 2.12 bits per heavy atom. The summed E-state index contributed by atoms with van der Waals surface area (Å²) in [6.07, 6.45) is 4.94. The van der Waals surface area contributed by atoms with Gasteiger partial charge in [-0.15, -0.1) is 0 Å². The number of amides is 1.